The number of likely N-dealkylation sites (tertiary alicyclic amines) is 1. The van der Waals surface area contributed by atoms with Crippen LogP contribution in [-0.2, 0) is 71.6 Å². The molecule has 0 amide bonds. The first-order valence-electron chi connectivity index (χ1n) is 34.9. The number of hydrogen-bond donors (Lipinski definition) is 1. The van der Waals surface area contributed by atoms with Crippen molar-refractivity contribution in [2.75, 3.05) is 78.8 Å². The molecule has 4 heterocycles. The van der Waals surface area contributed by atoms with Gasteiger partial charge in [0.2, 0.25) is 5.97 Å². The largest absolute Gasteiger partial charge is 1.00 e. The Bertz CT molecular complexity index is 2700. The van der Waals surface area contributed by atoms with Crippen molar-refractivity contribution >= 4 is 67.0 Å². The van der Waals surface area contributed by atoms with Gasteiger partial charge in [0.15, 0.2) is 11.6 Å². The molecule has 8 fully saturated rings. The van der Waals surface area contributed by atoms with Gasteiger partial charge in [0.25, 0.3) is 0 Å². The predicted molar refractivity (Wildman–Crippen MR) is 360 cm³/mol. The van der Waals surface area contributed by atoms with Crippen LogP contribution < -0.4 is 34.9 Å². The molecule has 3 radical (unpaired) electrons. The summed E-state index contributed by atoms with van der Waals surface area (Å²) in [4.78, 5) is 73.4. The fourth-order valence-electron chi connectivity index (χ4n) is 19.7. The Hall–Kier alpha value is -2.30. The molecule has 0 unspecified atom stereocenters. The molecule has 0 bridgehead atoms. The summed E-state index contributed by atoms with van der Waals surface area (Å²) in [5, 5.41) is 4.04. The minimum atomic E-state index is -0.639. The maximum Gasteiger partial charge on any atom is 1.00 e. The predicted octanol–water partition coefficient (Wildman–Crippen LogP) is 9.51. The van der Waals surface area contributed by atoms with Crippen LogP contribution in [0, 0.1) is 70.0 Å². The van der Waals surface area contributed by atoms with Crippen molar-refractivity contribution in [3.63, 3.8) is 0 Å². The summed E-state index contributed by atoms with van der Waals surface area (Å²) in [6.07, 6.45) is 26.2. The average molecular weight is 1360 g/mol. The van der Waals surface area contributed by atoms with E-state index in [1.807, 2.05) is 12.2 Å². The fourth-order valence-corrected chi connectivity index (χ4v) is 19.7. The molecule has 0 aromatic heterocycles. The molecule has 0 aromatic carbocycles. The number of piperidine rings is 2. The van der Waals surface area contributed by atoms with Crippen LogP contribution in [0.15, 0.2) is 45.6 Å². The maximum atomic E-state index is 12.2. The van der Waals surface area contributed by atoms with Gasteiger partial charge in [-0.25, -0.2) is 19.4 Å². The second kappa shape index (κ2) is 36.9. The molecule has 4 saturated carbocycles. The average Bonchev–Trinajstić information content (AvgIpc) is 1.57. The molecule has 12 aliphatic rings. The van der Waals surface area contributed by atoms with Crippen molar-refractivity contribution in [1.29, 1.82) is 0 Å². The van der Waals surface area contributed by atoms with Crippen molar-refractivity contribution < 1.29 is 101 Å². The van der Waals surface area contributed by atoms with Gasteiger partial charge in [-0.05, 0) is 193 Å². The Balaban J connectivity index is 0.000000222. The second-order valence-electron chi connectivity index (χ2n) is 29.7. The van der Waals surface area contributed by atoms with Crippen molar-refractivity contribution in [3.05, 3.63) is 45.6 Å². The number of ether oxygens (including phenoxy) is 6. The van der Waals surface area contributed by atoms with Crippen LogP contribution in [0.5, 0.6) is 0 Å². The number of carbonyl (C=O) groups is 6. The van der Waals surface area contributed by atoms with Gasteiger partial charge in [-0.3, -0.25) is 19.3 Å². The summed E-state index contributed by atoms with van der Waals surface area (Å²) in [5.74, 6) is 6.04. The van der Waals surface area contributed by atoms with Crippen LogP contribution in [0.3, 0.4) is 0 Å². The first-order chi connectivity index (χ1) is 44.3. The summed E-state index contributed by atoms with van der Waals surface area (Å²) in [7, 11) is 7.64. The molecule has 94 heavy (non-hydrogen) atoms. The first kappa shape index (κ1) is 80.7. The van der Waals surface area contributed by atoms with Crippen LogP contribution in [0.4, 0.5) is 0 Å². The summed E-state index contributed by atoms with van der Waals surface area (Å²) in [6, 6.07) is 1.04. The van der Waals surface area contributed by atoms with Gasteiger partial charge in [0.05, 0.1) is 61.8 Å². The van der Waals surface area contributed by atoms with Crippen molar-refractivity contribution in [2.45, 2.75) is 227 Å². The van der Waals surface area contributed by atoms with E-state index in [0.717, 1.165) is 139 Å². The Morgan fingerprint density at radius 2 is 1.14 bits per heavy atom. The number of alkyl halides is 2. The minimum absolute atomic E-state index is 0. The SMILES string of the molecule is CC(=O)OOC(C)=O.CC1=C2C[C@H]3[C@@H](CCC4=CC(=O)CC[C@@]43C)[C@@H]2CC[C@@]2(C1)O[C@@H]1C[C@H](C)CN[C@H]1[C@H]2C.COCCOCC=O.COCCOCCN1C[C@@H](C)C[C@H]2O[C@]3(CC[C@@H]4C(=C(C)C3)C[C@H]3[C@H]4CCC4=CC(=O)CC[C@@]43C)[C@H](C)[C@@H]21.ClCCl.[B-]OC(C)=O.[Na+]. The molecular weight excluding hydrogens is 1250 g/mol. The number of allylic oxidation sites excluding steroid dienone is 6. The van der Waals surface area contributed by atoms with E-state index >= 15 is 0 Å². The van der Waals surface area contributed by atoms with E-state index in [-0.39, 0.29) is 63.5 Å². The summed E-state index contributed by atoms with van der Waals surface area (Å²) in [6.45, 7) is 29.7. The normalized spacial score (nSPS) is 37.2. The van der Waals surface area contributed by atoms with E-state index in [9.17, 15) is 28.8 Å². The molecule has 17 nitrogen and oxygen atoms in total. The number of carbonyl (C=O) groups excluding carboxylic acids is 6. The monoisotopic (exact) mass is 1360 g/mol. The third-order valence-electron chi connectivity index (χ3n) is 24.1. The van der Waals surface area contributed by atoms with Crippen molar-refractivity contribution in [1.82, 2.24) is 10.2 Å². The van der Waals surface area contributed by atoms with Crippen LogP contribution in [0.25, 0.3) is 0 Å². The van der Waals surface area contributed by atoms with E-state index in [1.54, 1.807) is 36.5 Å². The zero-order valence-electron chi connectivity index (χ0n) is 59.5. The molecule has 4 saturated heterocycles. The molecule has 0 aromatic rings. The van der Waals surface area contributed by atoms with E-state index < -0.39 is 17.9 Å². The summed E-state index contributed by atoms with van der Waals surface area (Å²) >= 11 is 9.53. The summed E-state index contributed by atoms with van der Waals surface area (Å²) < 4.78 is 38.3. The smallest absolute Gasteiger partial charge is 0.793 e. The number of halogens is 2. The molecule has 12 rings (SSSR count). The van der Waals surface area contributed by atoms with E-state index in [4.69, 9.17) is 46.9 Å². The summed E-state index contributed by atoms with van der Waals surface area (Å²) in [5.41, 5.74) is 10.3. The zero-order valence-corrected chi connectivity index (χ0v) is 63.0. The van der Waals surface area contributed by atoms with Crippen LogP contribution in [0.1, 0.15) is 192 Å². The molecule has 18 atom stereocenters. The number of nitrogens with one attached hydrogen (secondary N) is 1. The molecule has 4 aliphatic heterocycles. The third kappa shape index (κ3) is 19.2. The molecule has 1 N–H and O–H groups in total. The quantitative estimate of drug-likeness (QED) is 0.0389. The molecule has 2 spiro atoms. The van der Waals surface area contributed by atoms with Gasteiger partial charge in [-0.15, -0.1) is 23.2 Å². The standard InChI is InChI=1S/C33H51NO4.C28H41NO2.C5H10O3.C4H6O4.C2H3BO2.CH2Cl2.Na/c1-21-16-30-31(34(20-21)12-13-37-15-14-36-5)23(3)33(38-30)11-9-26-27-7-6-24-17-25(35)8-10-32(24,4)29(27)18-28(26)22(2)19-33;1-16-11-25-26(29-15-16)18(3)28(31-25)10-8-21-22-6-5-19-12-20(30)7-9-27(19,4)24(22)13-23(21)17(2)14-28;1-7-4-5-8-3-2-6;1-3(5)7-8-4(2)6;1-2(4)5-3;2-1-3;/h17,21,23,26-27,29-31H,6-16,18-20H2,1-5H3;12,16,18,21-22,24-26,29H,5-11,13-15H2,1-4H3;2H,3-5H2,1H3;1-2H3;1H3;1H2;/q;;;;-1;;+1/t21-,23+,26-,27-,29-,30+,31-,32-,33-;16-,18+,21-,22-,24-,25+,26-,27-,28-;;;;;/m00...../s1. The number of hydrogen-bond acceptors (Lipinski definition) is 17. The number of methoxy groups -OCH3 is 2. The van der Waals surface area contributed by atoms with Crippen LogP contribution in [-0.4, -0.2) is 163 Å². The van der Waals surface area contributed by atoms with Gasteiger partial charge >= 0.3 is 41.5 Å². The Morgan fingerprint density at radius 3 is 1.61 bits per heavy atom. The number of nitrogens with zero attached hydrogens (tertiary/aromatic N) is 1. The van der Waals surface area contributed by atoms with E-state index in [2.05, 4.69) is 92.8 Å². The second-order valence-corrected chi connectivity index (χ2v) is 30.5. The van der Waals surface area contributed by atoms with E-state index in [1.165, 1.54) is 82.3 Å². The number of ketones is 2. The molecular formula is C73H113BCl2N2NaO15. The molecule has 8 aliphatic carbocycles. The van der Waals surface area contributed by atoms with E-state index in [0.29, 0.717) is 80.0 Å². The Kier molecular flexibility index (Phi) is 31.6. The number of aldehydes is 1. The van der Waals surface area contributed by atoms with Gasteiger partial charge < -0.3 is 51.2 Å². The minimum Gasteiger partial charge on any atom is -0.793 e. The van der Waals surface area contributed by atoms with Crippen LogP contribution >= 0.6 is 23.2 Å². The maximum absolute atomic E-state index is 12.2. The van der Waals surface area contributed by atoms with Gasteiger partial charge in [-0.2, -0.15) is 0 Å². The molecule has 523 valence electrons. The topological polar surface area (TPSA) is 201 Å². The van der Waals surface area contributed by atoms with Crippen molar-refractivity contribution in [2.24, 2.45) is 70.0 Å². The van der Waals surface area contributed by atoms with Gasteiger partial charge in [-0.1, -0.05) is 75.0 Å². The third-order valence-corrected chi connectivity index (χ3v) is 24.1. The van der Waals surface area contributed by atoms with Gasteiger partial charge in [0.1, 0.15) is 12.9 Å². The Morgan fingerprint density at radius 1 is 0.670 bits per heavy atom. The molecule has 21 heteroatoms. The fraction of sp³-hybridized carbons (Fsp3) is 0.808. The Labute approximate surface area is 596 Å². The zero-order chi connectivity index (χ0) is 68.0. The van der Waals surface area contributed by atoms with Crippen LogP contribution in [0.2, 0.25) is 0 Å². The van der Waals surface area contributed by atoms with Gasteiger partial charge in [0, 0.05) is 84.8 Å². The number of rotatable bonds is 11. The number of fused-ring (bicyclic) bond motifs is 12. The first-order valence-corrected chi connectivity index (χ1v) is 36.0. The van der Waals surface area contributed by atoms with Crippen molar-refractivity contribution in [3.8, 4) is 0 Å².